The largest absolute Gasteiger partial charge is 0.461 e. The van der Waals surface area contributed by atoms with Gasteiger partial charge in [0.05, 0.1) is 11.1 Å². The van der Waals surface area contributed by atoms with Crippen LogP contribution in [0.5, 0.6) is 0 Å². The van der Waals surface area contributed by atoms with E-state index in [1.54, 1.807) is 0 Å². The number of halogens is 1. The molecule has 21 heavy (non-hydrogen) atoms. The molecule has 0 bridgehead atoms. The van der Waals surface area contributed by atoms with E-state index in [2.05, 4.69) is 25.8 Å². The zero-order valence-electron chi connectivity index (χ0n) is 13.6. The molecule has 0 N–H and O–H groups in total. The van der Waals surface area contributed by atoms with Crippen molar-refractivity contribution in [2.24, 2.45) is 9.98 Å². The van der Waals surface area contributed by atoms with Gasteiger partial charge >= 0.3 is 0 Å². The second-order valence-electron chi connectivity index (χ2n) is 7.31. The molecule has 114 valence electrons. The molecule has 1 fully saturated rings. The highest BCUT2D eigenvalue weighted by Gasteiger charge is 2.39. The maximum atomic E-state index is 5.94. The average Bonchev–Trinajstić information content (AvgIpc) is 2.31. The Morgan fingerprint density at radius 1 is 0.905 bits per heavy atom. The van der Waals surface area contributed by atoms with Crippen LogP contribution in [0.1, 0.15) is 53.2 Å². The van der Waals surface area contributed by atoms with Gasteiger partial charge in [-0.3, -0.25) is 4.99 Å². The van der Waals surface area contributed by atoms with Crippen molar-refractivity contribution in [2.75, 3.05) is 0 Å². The lowest BCUT2D eigenvalue weighted by Crippen LogP contribution is -2.42. The van der Waals surface area contributed by atoms with Crippen molar-refractivity contribution in [3.05, 3.63) is 34.9 Å². The van der Waals surface area contributed by atoms with E-state index in [0.29, 0.717) is 5.90 Å². The SMILES string of the molecule is CC(C)(C)N=C1OC(c2ccc(Cl)cc2)C1=NC(C)(C)C. The minimum absolute atomic E-state index is 0.150. The topological polar surface area (TPSA) is 34.0 Å². The van der Waals surface area contributed by atoms with E-state index in [9.17, 15) is 0 Å². The fourth-order valence-corrected chi connectivity index (χ4v) is 2.13. The molecule has 0 amide bonds. The molecule has 1 saturated heterocycles. The predicted molar refractivity (Wildman–Crippen MR) is 89.7 cm³/mol. The standard InChI is InChI=1S/C17H23ClN2O/c1-16(2,3)19-13-14(11-7-9-12(18)10-8-11)21-15(13)20-17(4,5)6/h7-10,14H,1-6H3. The normalized spacial score (nSPS) is 23.1. The van der Waals surface area contributed by atoms with Crippen LogP contribution in [0.3, 0.4) is 0 Å². The molecular weight excluding hydrogens is 284 g/mol. The van der Waals surface area contributed by atoms with Gasteiger partial charge in [-0.05, 0) is 59.2 Å². The zero-order chi connectivity index (χ0) is 15.8. The number of ether oxygens (including phenoxy) is 1. The lowest BCUT2D eigenvalue weighted by Gasteiger charge is -2.35. The van der Waals surface area contributed by atoms with Crippen LogP contribution in [-0.2, 0) is 4.74 Å². The fourth-order valence-electron chi connectivity index (χ4n) is 2.00. The third-order valence-electron chi connectivity index (χ3n) is 2.76. The van der Waals surface area contributed by atoms with Crippen molar-refractivity contribution in [2.45, 2.75) is 58.7 Å². The summed E-state index contributed by atoms with van der Waals surface area (Å²) in [7, 11) is 0. The molecule has 0 saturated carbocycles. The first kappa shape index (κ1) is 16.0. The van der Waals surface area contributed by atoms with Gasteiger partial charge in [0.15, 0.2) is 6.10 Å². The number of benzene rings is 1. The van der Waals surface area contributed by atoms with E-state index in [1.807, 2.05) is 45.0 Å². The molecule has 1 atom stereocenters. The van der Waals surface area contributed by atoms with Gasteiger partial charge in [0.25, 0.3) is 0 Å². The van der Waals surface area contributed by atoms with E-state index in [0.717, 1.165) is 16.3 Å². The molecule has 1 aliphatic rings. The van der Waals surface area contributed by atoms with Crippen molar-refractivity contribution in [3.63, 3.8) is 0 Å². The summed E-state index contributed by atoms with van der Waals surface area (Å²) in [6.45, 7) is 12.4. The Balaban J connectivity index is 2.35. The molecule has 1 aromatic carbocycles. The summed E-state index contributed by atoms with van der Waals surface area (Å²) in [5.74, 6) is 0.650. The smallest absolute Gasteiger partial charge is 0.236 e. The highest BCUT2D eigenvalue weighted by Crippen LogP contribution is 2.33. The third kappa shape index (κ3) is 4.31. The summed E-state index contributed by atoms with van der Waals surface area (Å²) in [6, 6.07) is 7.68. The van der Waals surface area contributed by atoms with Gasteiger partial charge in [0.2, 0.25) is 5.90 Å². The summed E-state index contributed by atoms with van der Waals surface area (Å²) in [5, 5.41) is 0.718. The molecule has 1 unspecified atom stereocenters. The maximum Gasteiger partial charge on any atom is 0.236 e. The molecule has 1 heterocycles. The Morgan fingerprint density at radius 3 is 1.90 bits per heavy atom. The second kappa shape index (κ2) is 5.45. The first-order chi connectivity index (χ1) is 9.55. The molecule has 2 rings (SSSR count). The number of aliphatic imine (C=N–C) groups is 2. The molecule has 3 nitrogen and oxygen atoms in total. The average molecular weight is 307 g/mol. The van der Waals surface area contributed by atoms with Crippen LogP contribution in [0.25, 0.3) is 0 Å². The summed E-state index contributed by atoms with van der Waals surface area (Å²) >= 11 is 5.94. The van der Waals surface area contributed by atoms with Crippen molar-refractivity contribution in [1.82, 2.24) is 0 Å². The zero-order valence-corrected chi connectivity index (χ0v) is 14.3. The molecule has 0 aromatic heterocycles. The Kier molecular flexibility index (Phi) is 4.16. The Morgan fingerprint density at radius 2 is 1.43 bits per heavy atom. The quantitative estimate of drug-likeness (QED) is 0.730. The van der Waals surface area contributed by atoms with E-state index in [-0.39, 0.29) is 17.2 Å². The Hall–Kier alpha value is -1.35. The Labute approximate surface area is 132 Å². The third-order valence-corrected chi connectivity index (χ3v) is 3.01. The van der Waals surface area contributed by atoms with E-state index in [4.69, 9.17) is 21.3 Å². The molecular formula is C17H23ClN2O. The van der Waals surface area contributed by atoms with E-state index < -0.39 is 0 Å². The van der Waals surface area contributed by atoms with Crippen molar-refractivity contribution < 1.29 is 4.74 Å². The fraction of sp³-hybridized carbons (Fsp3) is 0.529. The maximum absolute atomic E-state index is 5.94. The van der Waals surface area contributed by atoms with Crippen LogP contribution in [0, 0.1) is 0 Å². The van der Waals surface area contributed by atoms with E-state index in [1.165, 1.54) is 0 Å². The summed E-state index contributed by atoms with van der Waals surface area (Å²) < 4.78 is 5.88. The highest BCUT2D eigenvalue weighted by atomic mass is 35.5. The van der Waals surface area contributed by atoms with Crippen molar-refractivity contribution >= 4 is 23.2 Å². The Bertz CT molecular complexity index is 574. The van der Waals surface area contributed by atoms with Gasteiger partial charge in [-0.2, -0.15) is 0 Å². The number of rotatable bonds is 1. The van der Waals surface area contributed by atoms with Gasteiger partial charge in [0.1, 0.15) is 5.71 Å². The first-order valence-corrected chi connectivity index (χ1v) is 7.55. The molecule has 0 spiro atoms. The van der Waals surface area contributed by atoms with Crippen LogP contribution in [0.2, 0.25) is 5.02 Å². The molecule has 0 aliphatic carbocycles. The summed E-state index contributed by atoms with van der Waals surface area (Å²) in [6.07, 6.45) is -0.150. The predicted octanol–water partition coefficient (Wildman–Crippen LogP) is 4.85. The molecule has 1 aliphatic heterocycles. The van der Waals surface area contributed by atoms with Crippen LogP contribution in [0.15, 0.2) is 34.3 Å². The number of nitrogens with zero attached hydrogens (tertiary/aromatic N) is 2. The monoisotopic (exact) mass is 306 g/mol. The van der Waals surface area contributed by atoms with Gasteiger partial charge in [-0.15, -0.1) is 0 Å². The number of hydrogen-bond donors (Lipinski definition) is 0. The molecule has 4 heteroatoms. The first-order valence-electron chi connectivity index (χ1n) is 7.17. The molecule has 1 aromatic rings. The van der Waals surface area contributed by atoms with Crippen LogP contribution >= 0.6 is 11.6 Å². The molecule has 0 radical (unpaired) electrons. The van der Waals surface area contributed by atoms with E-state index >= 15 is 0 Å². The van der Waals surface area contributed by atoms with Crippen molar-refractivity contribution in [1.29, 1.82) is 0 Å². The second-order valence-corrected chi connectivity index (χ2v) is 7.74. The van der Waals surface area contributed by atoms with Crippen molar-refractivity contribution in [3.8, 4) is 0 Å². The minimum atomic E-state index is -0.182. The van der Waals surface area contributed by atoms with Gasteiger partial charge in [-0.25, -0.2) is 4.99 Å². The highest BCUT2D eigenvalue weighted by molar-refractivity contribution is 6.45. The van der Waals surface area contributed by atoms with Crippen LogP contribution in [-0.4, -0.2) is 22.7 Å². The van der Waals surface area contributed by atoms with Gasteiger partial charge in [-0.1, -0.05) is 23.7 Å². The van der Waals surface area contributed by atoms with Crippen LogP contribution in [0.4, 0.5) is 0 Å². The lowest BCUT2D eigenvalue weighted by atomic mass is 9.98. The van der Waals surface area contributed by atoms with Gasteiger partial charge in [0, 0.05) is 5.02 Å². The summed E-state index contributed by atoms with van der Waals surface area (Å²) in [5.41, 5.74) is 1.62. The summed E-state index contributed by atoms with van der Waals surface area (Å²) in [4.78, 5) is 9.40. The minimum Gasteiger partial charge on any atom is -0.461 e. The number of hydrogen-bond acceptors (Lipinski definition) is 3. The lowest BCUT2D eigenvalue weighted by molar-refractivity contribution is 0.220. The van der Waals surface area contributed by atoms with Crippen LogP contribution < -0.4 is 0 Å². The van der Waals surface area contributed by atoms with Gasteiger partial charge < -0.3 is 4.74 Å².